The van der Waals surface area contributed by atoms with E-state index in [-0.39, 0.29) is 0 Å². The maximum Gasteiger partial charge on any atom is 0.159 e. The van der Waals surface area contributed by atoms with E-state index in [1.54, 1.807) is 6.07 Å². The molecule has 1 nitrogen and oxygen atoms in total. The number of halogens is 2. The van der Waals surface area contributed by atoms with Crippen molar-refractivity contribution in [2.24, 2.45) is 5.92 Å². The van der Waals surface area contributed by atoms with Crippen molar-refractivity contribution >= 4 is 0 Å². The van der Waals surface area contributed by atoms with Gasteiger partial charge in [-0.25, -0.2) is 8.78 Å². The van der Waals surface area contributed by atoms with E-state index in [1.165, 1.54) is 12.1 Å². The van der Waals surface area contributed by atoms with Crippen molar-refractivity contribution in [3.05, 3.63) is 35.4 Å². The Morgan fingerprint density at radius 1 is 1.16 bits per heavy atom. The first-order chi connectivity index (χ1) is 9.04. The van der Waals surface area contributed by atoms with E-state index in [9.17, 15) is 8.78 Å². The number of aryl methyl sites for hydroxylation is 1. The highest BCUT2D eigenvalue weighted by atomic mass is 19.2. The number of benzene rings is 1. The van der Waals surface area contributed by atoms with Crippen LogP contribution in [0.3, 0.4) is 0 Å². The van der Waals surface area contributed by atoms with Gasteiger partial charge >= 0.3 is 0 Å². The highest BCUT2D eigenvalue weighted by Gasteiger charge is 2.12. The fourth-order valence-electron chi connectivity index (χ4n) is 2.22. The minimum absolute atomic E-state index is 0.505. The van der Waals surface area contributed by atoms with Crippen LogP contribution in [0.2, 0.25) is 0 Å². The van der Waals surface area contributed by atoms with Gasteiger partial charge in [-0.1, -0.05) is 26.8 Å². The molecule has 0 radical (unpaired) electrons. The Kier molecular flexibility index (Phi) is 7.00. The van der Waals surface area contributed by atoms with Gasteiger partial charge in [0, 0.05) is 6.04 Å². The molecule has 0 saturated carbocycles. The molecule has 3 heteroatoms. The van der Waals surface area contributed by atoms with E-state index in [4.69, 9.17) is 0 Å². The summed E-state index contributed by atoms with van der Waals surface area (Å²) in [6, 6.07) is 4.69. The molecule has 1 aromatic carbocycles. The minimum Gasteiger partial charge on any atom is -0.314 e. The molecule has 0 aliphatic carbocycles. The summed E-state index contributed by atoms with van der Waals surface area (Å²) in [4.78, 5) is 0. The lowest BCUT2D eigenvalue weighted by Crippen LogP contribution is -2.34. The topological polar surface area (TPSA) is 12.0 Å². The van der Waals surface area contributed by atoms with Crippen LogP contribution >= 0.6 is 0 Å². The zero-order valence-electron chi connectivity index (χ0n) is 12.2. The Labute approximate surface area is 115 Å². The van der Waals surface area contributed by atoms with Crippen LogP contribution in [-0.4, -0.2) is 12.6 Å². The van der Waals surface area contributed by atoms with Gasteiger partial charge in [0.25, 0.3) is 0 Å². The fourth-order valence-corrected chi connectivity index (χ4v) is 2.22. The van der Waals surface area contributed by atoms with Gasteiger partial charge in [-0.15, -0.1) is 0 Å². The van der Waals surface area contributed by atoms with Gasteiger partial charge in [0.15, 0.2) is 11.6 Å². The maximum absolute atomic E-state index is 13.1. The Morgan fingerprint density at radius 2 is 1.89 bits per heavy atom. The quantitative estimate of drug-likeness (QED) is 0.741. The second-order valence-corrected chi connectivity index (χ2v) is 5.45. The molecule has 0 aliphatic rings. The zero-order chi connectivity index (χ0) is 14.3. The molecule has 0 heterocycles. The maximum atomic E-state index is 13.1. The molecule has 1 N–H and O–H groups in total. The summed E-state index contributed by atoms with van der Waals surface area (Å²) in [5.41, 5.74) is 0.872. The van der Waals surface area contributed by atoms with Gasteiger partial charge in [-0.05, 0) is 55.8 Å². The van der Waals surface area contributed by atoms with E-state index >= 15 is 0 Å². The number of hydrogen-bond donors (Lipinski definition) is 1. The minimum atomic E-state index is -0.770. The molecule has 0 spiro atoms. The van der Waals surface area contributed by atoms with Gasteiger partial charge in [0.1, 0.15) is 0 Å². The molecule has 19 heavy (non-hydrogen) atoms. The van der Waals surface area contributed by atoms with Crippen LogP contribution in [0.15, 0.2) is 18.2 Å². The molecular formula is C16H25F2N. The van der Waals surface area contributed by atoms with Crippen LogP contribution in [0.4, 0.5) is 8.78 Å². The van der Waals surface area contributed by atoms with Crippen LogP contribution < -0.4 is 5.32 Å². The number of nitrogens with one attached hydrogen (secondary N) is 1. The average molecular weight is 269 g/mol. The monoisotopic (exact) mass is 269 g/mol. The van der Waals surface area contributed by atoms with Crippen LogP contribution in [0.5, 0.6) is 0 Å². The number of rotatable bonds is 8. The summed E-state index contributed by atoms with van der Waals surface area (Å²) in [5.74, 6) is -0.924. The lowest BCUT2D eigenvalue weighted by Gasteiger charge is -2.22. The van der Waals surface area contributed by atoms with E-state index in [0.29, 0.717) is 12.0 Å². The van der Waals surface area contributed by atoms with Gasteiger partial charge in [0.2, 0.25) is 0 Å². The molecule has 0 bridgehead atoms. The summed E-state index contributed by atoms with van der Waals surface area (Å²) in [6.45, 7) is 7.62. The summed E-state index contributed by atoms with van der Waals surface area (Å²) >= 11 is 0. The molecule has 0 amide bonds. The highest BCUT2D eigenvalue weighted by Crippen LogP contribution is 2.14. The first-order valence-corrected chi connectivity index (χ1v) is 7.22. The smallest absolute Gasteiger partial charge is 0.159 e. The van der Waals surface area contributed by atoms with Crippen molar-refractivity contribution in [1.82, 2.24) is 5.32 Å². The number of hydrogen-bond acceptors (Lipinski definition) is 1. The lowest BCUT2D eigenvalue weighted by atomic mass is 9.96. The van der Waals surface area contributed by atoms with Crippen molar-refractivity contribution in [2.45, 2.75) is 52.5 Å². The predicted octanol–water partition coefficient (Wildman–Crippen LogP) is 4.31. The van der Waals surface area contributed by atoms with Crippen molar-refractivity contribution in [3.63, 3.8) is 0 Å². The van der Waals surface area contributed by atoms with E-state index in [1.807, 2.05) is 0 Å². The molecular weight excluding hydrogens is 244 g/mol. The Morgan fingerprint density at radius 3 is 2.47 bits per heavy atom. The average Bonchev–Trinajstić information content (AvgIpc) is 2.37. The van der Waals surface area contributed by atoms with Crippen molar-refractivity contribution in [2.75, 3.05) is 6.54 Å². The second kappa shape index (κ2) is 8.26. The summed E-state index contributed by atoms with van der Waals surface area (Å²) in [6.07, 6.45) is 3.99. The molecule has 0 aliphatic heterocycles. The molecule has 108 valence electrons. The molecule has 1 aromatic rings. The third-order valence-electron chi connectivity index (χ3n) is 3.43. The van der Waals surface area contributed by atoms with Crippen molar-refractivity contribution < 1.29 is 8.78 Å². The van der Waals surface area contributed by atoms with E-state index in [2.05, 4.69) is 26.1 Å². The SMILES string of the molecule is CCCNC(CCCc1ccc(F)c(F)c1)C(C)C. The zero-order valence-corrected chi connectivity index (χ0v) is 12.2. The molecule has 1 unspecified atom stereocenters. The molecule has 0 aromatic heterocycles. The van der Waals surface area contributed by atoms with E-state index in [0.717, 1.165) is 37.8 Å². The third kappa shape index (κ3) is 5.68. The van der Waals surface area contributed by atoms with Crippen LogP contribution in [-0.2, 0) is 6.42 Å². The molecule has 1 rings (SSSR count). The van der Waals surface area contributed by atoms with Crippen LogP contribution in [0.1, 0.15) is 45.6 Å². The normalized spacial score (nSPS) is 12.9. The third-order valence-corrected chi connectivity index (χ3v) is 3.43. The lowest BCUT2D eigenvalue weighted by molar-refractivity contribution is 0.370. The van der Waals surface area contributed by atoms with Gasteiger partial charge < -0.3 is 5.32 Å². The Hall–Kier alpha value is -0.960. The molecule has 1 atom stereocenters. The first kappa shape index (κ1) is 16.1. The van der Waals surface area contributed by atoms with E-state index < -0.39 is 11.6 Å². The van der Waals surface area contributed by atoms with Crippen molar-refractivity contribution in [3.8, 4) is 0 Å². The highest BCUT2D eigenvalue weighted by molar-refractivity contribution is 5.17. The summed E-state index contributed by atoms with van der Waals surface area (Å²) in [7, 11) is 0. The van der Waals surface area contributed by atoms with Gasteiger partial charge in [0.05, 0.1) is 0 Å². The van der Waals surface area contributed by atoms with Crippen LogP contribution in [0.25, 0.3) is 0 Å². The molecule has 0 fully saturated rings. The van der Waals surface area contributed by atoms with Gasteiger partial charge in [-0.2, -0.15) is 0 Å². The predicted molar refractivity (Wildman–Crippen MR) is 76.2 cm³/mol. The van der Waals surface area contributed by atoms with Gasteiger partial charge in [-0.3, -0.25) is 0 Å². The second-order valence-electron chi connectivity index (χ2n) is 5.45. The molecule has 0 saturated heterocycles. The fraction of sp³-hybridized carbons (Fsp3) is 0.625. The Balaban J connectivity index is 2.40. The van der Waals surface area contributed by atoms with Crippen LogP contribution in [0, 0.1) is 17.6 Å². The summed E-state index contributed by atoms with van der Waals surface area (Å²) in [5, 5.41) is 3.54. The first-order valence-electron chi connectivity index (χ1n) is 7.22. The standard InChI is InChI=1S/C16H25F2N/c1-4-10-19-16(12(2)3)7-5-6-13-8-9-14(17)15(18)11-13/h8-9,11-12,16,19H,4-7,10H2,1-3H3. The largest absolute Gasteiger partial charge is 0.314 e. The van der Waals surface area contributed by atoms with Crippen molar-refractivity contribution in [1.29, 1.82) is 0 Å². The summed E-state index contributed by atoms with van der Waals surface area (Å²) < 4.78 is 25.9. The Bertz CT molecular complexity index is 377.